The van der Waals surface area contributed by atoms with Crippen molar-refractivity contribution in [2.75, 3.05) is 7.11 Å². The van der Waals surface area contributed by atoms with Gasteiger partial charge in [0.15, 0.2) is 0 Å². The van der Waals surface area contributed by atoms with E-state index in [-0.39, 0.29) is 5.91 Å². The van der Waals surface area contributed by atoms with E-state index in [0.717, 1.165) is 33.3 Å². The summed E-state index contributed by atoms with van der Waals surface area (Å²) >= 11 is 0. The summed E-state index contributed by atoms with van der Waals surface area (Å²) in [4.78, 5) is 37.4. The molecule has 0 radical (unpaired) electrons. The summed E-state index contributed by atoms with van der Waals surface area (Å²) in [6.45, 7) is 26.4. The van der Waals surface area contributed by atoms with E-state index in [2.05, 4.69) is 36.2 Å². The lowest BCUT2D eigenvalue weighted by molar-refractivity contribution is -0.149. The van der Waals surface area contributed by atoms with E-state index >= 15 is 0 Å². The Labute approximate surface area is 265 Å². The Hall–Kier alpha value is -5.17. The summed E-state index contributed by atoms with van der Waals surface area (Å²) in [5, 5.41) is 3.93. The Morgan fingerprint density at radius 1 is 0.956 bits per heavy atom. The van der Waals surface area contributed by atoms with E-state index in [1.54, 1.807) is 57.2 Å². The number of esters is 2. The van der Waals surface area contributed by atoms with Gasteiger partial charge in [0.2, 0.25) is 0 Å². The highest BCUT2D eigenvalue weighted by atomic mass is 16.6. The van der Waals surface area contributed by atoms with Crippen LogP contribution in [0.2, 0.25) is 0 Å². The molecule has 0 saturated heterocycles. The molecular formula is C38H42N2O5. The van der Waals surface area contributed by atoms with Gasteiger partial charge in [-0.1, -0.05) is 56.7 Å². The number of rotatable bonds is 12. The van der Waals surface area contributed by atoms with Crippen LogP contribution in [0.3, 0.4) is 0 Å². The Kier molecular flexibility index (Phi) is 11.1. The van der Waals surface area contributed by atoms with Crippen LogP contribution in [0.1, 0.15) is 58.3 Å². The third-order valence-electron chi connectivity index (χ3n) is 7.23. The molecule has 1 N–H and O–H groups in total. The summed E-state index contributed by atoms with van der Waals surface area (Å²) in [5.74, 6) is -1.09. The fourth-order valence-corrected chi connectivity index (χ4v) is 4.65. The number of amides is 1. The van der Waals surface area contributed by atoms with Crippen molar-refractivity contribution in [1.82, 2.24) is 9.88 Å². The number of carbonyl (C=O) groups excluding carboxylic acids is 3. The second-order valence-corrected chi connectivity index (χ2v) is 11.7. The summed E-state index contributed by atoms with van der Waals surface area (Å²) < 4.78 is 12.4. The van der Waals surface area contributed by atoms with Crippen LogP contribution in [0, 0.1) is 13.8 Å². The minimum atomic E-state index is -0.649. The molecule has 0 aliphatic rings. The molecule has 7 nitrogen and oxygen atoms in total. The first-order chi connectivity index (χ1) is 21.2. The van der Waals surface area contributed by atoms with Gasteiger partial charge in [-0.25, -0.2) is 9.59 Å². The van der Waals surface area contributed by atoms with E-state index in [1.165, 1.54) is 13.2 Å². The molecule has 0 spiro atoms. The zero-order valence-corrected chi connectivity index (χ0v) is 27.1. The third-order valence-corrected chi connectivity index (χ3v) is 7.23. The Morgan fingerprint density at radius 2 is 1.60 bits per heavy atom. The highest BCUT2D eigenvalue weighted by Gasteiger charge is 2.22. The van der Waals surface area contributed by atoms with E-state index < -0.39 is 17.5 Å². The molecule has 45 heavy (non-hydrogen) atoms. The molecule has 1 amide bonds. The lowest BCUT2D eigenvalue weighted by Crippen LogP contribution is -2.25. The van der Waals surface area contributed by atoms with E-state index in [4.69, 9.17) is 9.47 Å². The fraction of sp³-hybridized carbons (Fsp3) is 0.237. The predicted molar refractivity (Wildman–Crippen MR) is 181 cm³/mol. The van der Waals surface area contributed by atoms with Crippen LogP contribution in [0.25, 0.3) is 10.9 Å². The maximum Gasteiger partial charge on any atom is 0.339 e. The second kappa shape index (κ2) is 14.5. The number of allylic oxidation sites excluding steroid dienone is 6. The molecular weight excluding hydrogens is 564 g/mol. The monoisotopic (exact) mass is 606 g/mol. The quantitative estimate of drug-likeness (QED) is 0.130. The lowest BCUT2D eigenvalue weighted by Gasteiger charge is -2.21. The highest BCUT2D eigenvalue weighted by molar-refractivity contribution is 5.99. The maximum atomic E-state index is 13.0. The number of nitrogens with zero attached hydrogens (tertiary/aromatic N) is 1. The topological polar surface area (TPSA) is 86.6 Å². The third kappa shape index (κ3) is 8.70. The van der Waals surface area contributed by atoms with Gasteiger partial charge >= 0.3 is 11.9 Å². The van der Waals surface area contributed by atoms with Crippen LogP contribution in [0.5, 0.6) is 0 Å². The van der Waals surface area contributed by atoms with Gasteiger partial charge in [-0.3, -0.25) is 4.79 Å². The average molecular weight is 607 g/mol. The van der Waals surface area contributed by atoms with Gasteiger partial charge in [0.1, 0.15) is 5.60 Å². The number of fused-ring (bicyclic) bond motifs is 1. The van der Waals surface area contributed by atoms with Crippen molar-refractivity contribution < 1.29 is 23.9 Å². The largest absolute Gasteiger partial charge is 0.465 e. The van der Waals surface area contributed by atoms with E-state index in [1.807, 2.05) is 38.1 Å². The van der Waals surface area contributed by atoms with Crippen molar-refractivity contribution in [3.05, 3.63) is 143 Å². The van der Waals surface area contributed by atoms with Crippen molar-refractivity contribution in [2.45, 2.75) is 53.3 Å². The van der Waals surface area contributed by atoms with Crippen LogP contribution in [-0.2, 0) is 27.4 Å². The van der Waals surface area contributed by atoms with Gasteiger partial charge < -0.3 is 19.4 Å². The minimum absolute atomic E-state index is 0.193. The number of hydrogen-bond acceptors (Lipinski definition) is 5. The zero-order chi connectivity index (χ0) is 33.5. The molecule has 0 unspecified atom stereocenters. The van der Waals surface area contributed by atoms with Crippen molar-refractivity contribution >= 4 is 28.7 Å². The van der Waals surface area contributed by atoms with Gasteiger partial charge in [0.05, 0.1) is 18.2 Å². The minimum Gasteiger partial charge on any atom is -0.465 e. The van der Waals surface area contributed by atoms with Crippen LogP contribution in [0.15, 0.2) is 115 Å². The number of ether oxygens (including phenoxy) is 2. The maximum absolute atomic E-state index is 13.0. The van der Waals surface area contributed by atoms with Crippen LogP contribution >= 0.6 is 0 Å². The molecule has 0 aliphatic carbocycles. The van der Waals surface area contributed by atoms with Gasteiger partial charge in [0.25, 0.3) is 5.91 Å². The van der Waals surface area contributed by atoms with E-state index in [0.29, 0.717) is 40.9 Å². The molecule has 0 saturated carbocycles. The first-order valence-corrected chi connectivity index (χ1v) is 14.5. The Bertz CT molecular complexity index is 1740. The molecule has 0 bridgehead atoms. The van der Waals surface area contributed by atoms with Crippen molar-refractivity contribution in [3.63, 3.8) is 0 Å². The summed E-state index contributed by atoms with van der Waals surface area (Å²) in [5.41, 5.74) is 6.44. The Balaban J connectivity index is 1.71. The summed E-state index contributed by atoms with van der Waals surface area (Å²) in [6.07, 6.45) is 6.73. The van der Waals surface area contributed by atoms with E-state index in [9.17, 15) is 14.4 Å². The number of carbonyl (C=O) groups is 3. The number of benzene rings is 2. The van der Waals surface area contributed by atoms with Crippen LogP contribution in [0.4, 0.5) is 0 Å². The molecule has 1 heterocycles. The van der Waals surface area contributed by atoms with Gasteiger partial charge in [-0.15, -0.1) is 0 Å². The molecule has 0 atom stereocenters. The first kappa shape index (κ1) is 34.3. The summed E-state index contributed by atoms with van der Waals surface area (Å²) in [6, 6.07) is 12.6. The Morgan fingerprint density at radius 3 is 2.20 bits per heavy atom. The molecule has 234 valence electrons. The smallest absolute Gasteiger partial charge is 0.339 e. The molecule has 7 heteroatoms. The van der Waals surface area contributed by atoms with Gasteiger partial charge in [-0.2, -0.15) is 0 Å². The normalized spacial score (nSPS) is 11.7. The number of methoxy groups -OCH3 is 1. The van der Waals surface area contributed by atoms with Crippen LogP contribution in [-0.4, -0.2) is 35.1 Å². The number of nitrogens with one attached hydrogen (secondary N) is 1. The SMILES string of the molecule is C=C/C=C(\C(=C)C(=C)/C=C\C(=C)Cn1c(C)c(C)c2cc(C(=O)NCc3ccc(C(=O)OC)cc3)ccc21)C(=O)OC(C)(C)C. The van der Waals surface area contributed by atoms with Crippen LogP contribution < -0.4 is 5.32 Å². The second-order valence-electron chi connectivity index (χ2n) is 11.7. The lowest BCUT2D eigenvalue weighted by atomic mass is 9.99. The molecule has 0 fully saturated rings. The van der Waals surface area contributed by atoms with Gasteiger partial charge in [0, 0.05) is 35.2 Å². The number of hydrogen-bond donors (Lipinski definition) is 1. The molecule has 1 aromatic heterocycles. The average Bonchev–Trinajstić information content (AvgIpc) is 3.23. The molecule has 3 aromatic rings. The van der Waals surface area contributed by atoms with Crippen molar-refractivity contribution in [3.8, 4) is 0 Å². The fourth-order valence-electron chi connectivity index (χ4n) is 4.65. The highest BCUT2D eigenvalue weighted by Crippen LogP contribution is 2.28. The number of aromatic nitrogens is 1. The summed E-state index contributed by atoms with van der Waals surface area (Å²) in [7, 11) is 1.34. The molecule has 3 rings (SSSR count). The standard InChI is InChI=1S/C38H42N2O5/c1-11-12-32(37(43)45-38(7,8)9)26(4)25(3)14-13-24(2)23-40-28(6)27(5)33-21-31(19-20-34(33)40)35(41)39-22-29-15-17-30(18-16-29)36(42)44-10/h11-21H,1-4,22-23H2,5-10H3,(H,39,41)/b14-13-,32-12+. The zero-order valence-electron chi connectivity index (χ0n) is 27.1. The molecule has 0 aliphatic heterocycles. The van der Waals surface area contributed by atoms with Crippen molar-refractivity contribution in [1.29, 1.82) is 0 Å². The molecule has 2 aromatic carbocycles. The first-order valence-electron chi connectivity index (χ1n) is 14.5. The predicted octanol–water partition coefficient (Wildman–Crippen LogP) is 7.65. The van der Waals surface area contributed by atoms with Crippen molar-refractivity contribution in [2.24, 2.45) is 0 Å². The number of aryl methyl sites for hydroxylation is 1. The van der Waals surface area contributed by atoms with Gasteiger partial charge in [-0.05, 0) is 98.9 Å².